The van der Waals surface area contributed by atoms with Gasteiger partial charge in [0.15, 0.2) is 11.4 Å². The van der Waals surface area contributed by atoms with E-state index in [1.165, 1.54) is 16.8 Å². The lowest BCUT2D eigenvalue weighted by molar-refractivity contribution is -0.600. The maximum Gasteiger partial charge on any atom is 0.268 e. The van der Waals surface area contributed by atoms with E-state index in [4.69, 9.17) is 14.4 Å². The second-order valence-corrected chi connectivity index (χ2v) is 11.3. The molecule has 0 radical (unpaired) electrons. The van der Waals surface area contributed by atoms with Crippen molar-refractivity contribution in [1.82, 2.24) is 14.5 Å². The first-order valence-corrected chi connectivity index (χ1v) is 14.5. The zero-order valence-corrected chi connectivity index (χ0v) is 24.2. The standard InChI is InChI=1S/C37H32N4O/c1-24(2)28-17-11-18-29(25(3)4)34(28)41-22-21-40(23-41)31-20-12-19-30-32-33(26-13-7-5-8-14-26)38-36(27-15-9-6-10-16-27)39-37(32)42-35(30)31/h5-22,24-25H,1-4H3. The number of hydrogen-bond acceptors (Lipinski definition) is 3. The Morgan fingerprint density at radius 1 is 0.714 bits per heavy atom. The number of nitrogens with zero attached hydrogens (tertiary/aromatic N) is 4. The number of furan rings is 1. The van der Waals surface area contributed by atoms with Crippen LogP contribution >= 0.6 is 0 Å². The van der Waals surface area contributed by atoms with Crippen LogP contribution < -0.4 is 4.57 Å². The maximum atomic E-state index is 6.60. The van der Waals surface area contributed by atoms with Gasteiger partial charge < -0.3 is 4.42 Å². The third-order valence-corrected chi connectivity index (χ3v) is 7.84. The molecule has 0 atom stereocenters. The number of hydrogen-bond donors (Lipinski definition) is 0. The van der Waals surface area contributed by atoms with Crippen LogP contribution in [0.3, 0.4) is 0 Å². The lowest BCUT2D eigenvalue weighted by Crippen LogP contribution is -2.32. The summed E-state index contributed by atoms with van der Waals surface area (Å²) in [5, 5.41) is 1.88. The van der Waals surface area contributed by atoms with Gasteiger partial charge in [-0.2, -0.15) is 4.98 Å². The summed E-state index contributed by atoms with van der Waals surface area (Å²) in [6.45, 7) is 8.96. The number of benzene rings is 4. The molecule has 7 aromatic rings. The van der Waals surface area contributed by atoms with E-state index >= 15 is 0 Å². The van der Waals surface area contributed by atoms with Crippen molar-refractivity contribution in [2.24, 2.45) is 0 Å². The van der Waals surface area contributed by atoms with Crippen molar-refractivity contribution in [3.05, 3.63) is 127 Å². The summed E-state index contributed by atoms with van der Waals surface area (Å²) in [4.78, 5) is 9.99. The van der Waals surface area contributed by atoms with E-state index in [1.54, 1.807) is 0 Å². The quantitative estimate of drug-likeness (QED) is 0.154. The maximum absolute atomic E-state index is 6.60. The summed E-state index contributed by atoms with van der Waals surface area (Å²) in [5.74, 6) is 1.41. The molecule has 42 heavy (non-hydrogen) atoms. The molecule has 5 heteroatoms. The van der Waals surface area contributed by atoms with Crippen LogP contribution in [0.1, 0.15) is 50.7 Å². The topological polar surface area (TPSA) is 47.7 Å². The summed E-state index contributed by atoms with van der Waals surface area (Å²) in [6, 6.07) is 33.1. The van der Waals surface area contributed by atoms with Crippen molar-refractivity contribution < 1.29 is 8.98 Å². The van der Waals surface area contributed by atoms with Gasteiger partial charge in [0, 0.05) is 28.9 Å². The minimum absolute atomic E-state index is 0.385. The summed E-state index contributed by atoms with van der Waals surface area (Å²) in [6.07, 6.45) is 7.72. The lowest BCUT2D eigenvalue weighted by atomic mass is 9.92. The first kappa shape index (κ1) is 25.9. The van der Waals surface area contributed by atoms with Crippen LogP contribution in [-0.2, 0) is 0 Å². The Labute approximate surface area is 245 Å². The molecule has 7 rings (SSSR count). The molecule has 0 saturated carbocycles. The smallest absolute Gasteiger partial charge is 0.268 e. The van der Waals surface area contributed by atoms with Crippen LogP contribution in [0.5, 0.6) is 0 Å². The molecule has 0 bridgehead atoms. The first-order chi connectivity index (χ1) is 20.5. The zero-order valence-electron chi connectivity index (χ0n) is 24.2. The highest BCUT2D eigenvalue weighted by Gasteiger charge is 2.21. The highest BCUT2D eigenvalue weighted by molar-refractivity contribution is 6.12. The van der Waals surface area contributed by atoms with Gasteiger partial charge in [-0.05, 0) is 29.0 Å². The van der Waals surface area contributed by atoms with E-state index in [0.717, 1.165) is 38.9 Å². The SMILES string of the molecule is CC(C)c1cccc(C(C)C)c1-[n+]1[c-]n(-c2cccc3c2oc2nc(-c4ccccc4)nc(-c4ccccc4)c23)cc1. The Hall–Kier alpha value is -5.03. The van der Waals surface area contributed by atoms with E-state index in [2.05, 4.69) is 93.3 Å². The van der Waals surface area contributed by atoms with Gasteiger partial charge in [0.1, 0.15) is 5.69 Å². The molecule has 0 unspecified atom stereocenters. The zero-order chi connectivity index (χ0) is 28.8. The minimum Gasteiger partial charge on any atom is -0.441 e. The van der Waals surface area contributed by atoms with Crippen molar-refractivity contribution in [2.45, 2.75) is 39.5 Å². The van der Waals surface area contributed by atoms with Gasteiger partial charge in [0.25, 0.3) is 6.33 Å². The van der Waals surface area contributed by atoms with Gasteiger partial charge in [-0.15, -0.1) is 0 Å². The molecule has 0 spiro atoms. The van der Waals surface area contributed by atoms with Crippen LogP contribution in [0.4, 0.5) is 0 Å². The Bertz CT molecular complexity index is 2010. The van der Waals surface area contributed by atoms with Gasteiger partial charge in [-0.25, -0.2) is 4.98 Å². The predicted octanol–water partition coefficient (Wildman–Crippen LogP) is 8.82. The fourth-order valence-electron chi connectivity index (χ4n) is 5.76. The van der Waals surface area contributed by atoms with Gasteiger partial charge in [0.2, 0.25) is 5.71 Å². The summed E-state index contributed by atoms with van der Waals surface area (Å²) in [5.41, 5.74) is 8.85. The molecule has 0 N–H and O–H groups in total. The fourth-order valence-corrected chi connectivity index (χ4v) is 5.76. The largest absolute Gasteiger partial charge is 0.441 e. The third kappa shape index (κ3) is 4.38. The molecule has 206 valence electrons. The number of rotatable bonds is 6. The second kappa shape index (κ2) is 10.4. The highest BCUT2D eigenvalue weighted by atomic mass is 16.3. The van der Waals surface area contributed by atoms with E-state index < -0.39 is 0 Å². The monoisotopic (exact) mass is 548 g/mol. The fraction of sp³-hybridized carbons (Fsp3) is 0.162. The predicted molar refractivity (Wildman–Crippen MR) is 168 cm³/mol. The molecule has 0 aliphatic carbocycles. The van der Waals surface area contributed by atoms with Gasteiger partial charge >= 0.3 is 0 Å². The normalized spacial score (nSPS) is 11.8. The Kier molecular flexibility index (Phi) is 6.43. The molecule has 3 heterocycles. The average Bonchev–Trinajstić information content (AvgIpc) is 3.66. The number of fused-ring (bicyclic) bond motifs is 3. The van der Waals surface area contributed by atoms with Crippen molar-refractivity contribution in [3.63, 3.8) is 0 Å². The molecule has 0 fully saturated rings. The van der Waals surface area contributed by atoms with Crippen molar-refractivity contribution >= 4 is 22.1 Å². The van der Waals surface area contributed by atoms with Gasteiger partial charge in [-0.1, -0.05) is 119 Å². The summed E-state index contributed by atoms with van der Waals surface area (Å²) >= 11 is 0. The Balaban J connectivity index is 1.44. The molecule has 0 saturated heterocycles. The molecule has 0 aliphatic heterocycles. The molecule has 5 nitrogen and oxygen atoms in total. The lowest BCUT2D eigenvalue weighted by Gasteiger charge is -2.19. The molecular formula is C37H32N4O. The molecule has 0 aliphatic rings. The van der Waals surface area contributed by atoms with Crippen LogP contribution in [-0.4, -0.2) is 14.5 Å². The van der Waals surface area contributed by atoms with Crippen molar-refractivity contribution in [3.8, 4) is 34.0 Å². The number of para-hydroxylation sites is 2. The van der Waals surface area contributed by atoms with E-state index in [9.17, 15) is 0 Å². The van der Waals surface area contributed by atoms with Crippen LogP contribution in [0.2, 0.25) is 0 Å². The third-order valence-electron chi connectivity index (χ3n) is 7.84. The van der Waals surface area contributed by atoms with Crippen molar-refractivity contribution in [1.29, 1.82) is 0 Å². The summed E-state index contributed by atoms with van der Waals surface area (Å²) < 4.78 is 10.7. The van der Waals surface area contributed by atoms with Crippen LogP contribution in [0.25, 0.3) is 56.1 Å². The molecular weight excluding hydrogens is 516 g/mol. The van der Waals surface area contributed by atoms with Gasteiger partial charge in [0.05, 0.1) is 16.8 Å². The van der Waals surface area contributed by atoms with Gasteiger partial charge in [-0.3, -0.25) is 9.13 Å². The van der Waals surface area contributed by atoms with Crippen molar-refractivity contribution in [2.75, 3.05) is 0 Å². The molecule has 0 amide bonds. The minimum atomic E-state index is 0.385. The second-order valence-electron chi connectivity index (χ2n) is 11.3. The highest BCUT2D eigenvalue weighted by Crippen LogP contribution is 2.38. The molecule has 4 aromatic carbocycles. The summed E-state index contributed by atoms with van der Waals surface area (Å²) in [7, 11) is 0. The number of imidazole rings is 1. The molecule has 3 aromatic heterocycles. The van der Waals surface area contributed by atoms with E-state index in [1.807, 2.05) is 59.3 Å². The average molecular weight is 549 g/mol. The van der Waals surface area contributed by atoms with Crippen LogP contribution in [0.15, 0.2) is 114 Å². The van der Waals surface area contributed by atoms with Crippen LogP contribution in [0, 0.1) is 6.33 Å². The first-order valence-electron chi connectivity index (χ1n) is 14.5. The van der Waals surface area contributed by atoms with E-state index in [0.29, 0.717) is 23.4 Å². The Morgan fingerprint density at radius 3 is 2.02 bits per heavy atom. The van der Waals surface area contributed by atoms with E-state index in [-0.39, 0.29) is 0 Å². The Morgan fingerprint density at radius 2 is 1.36 bits per heavy atom. The number of aromatic nitrogens is 4.